The fourth-order valence-electron chi connectivity index (χ4n) is 2.12. The molecular formula is C12H16N4O3. The Hall–Kier alpha value is -2.15. The highest BCUT2D eigenvalue weighted by molar-refractivity contribution is 5.99. The summed E-state index contributed by atoms with van der Waals surface area (Å²) in [5.41, 5.74) is 11.8. The summed E-state index contributed by atoms with van der Waals surface area (Å²) in [5.74, 6) is -0.270. The molecule has 1 fully saturated rings. The Bertz CT molecular complexity index is 510. The number of benzene rings is 1. The number of anilines is 1. The Morgan fingerprint density at radius 1 is 1.37 bits per heavy atom. The van der Waals surface area contributed by atoms with Gasteiger partial charge >= 0.3 is 0 Å². The van der Waals surface area contributed by atoms with Crippen molar-refractivity contribution in [3.63, 3.8) is 0 Å². The van der Waals surface area contributed by atoms with Gasteiger partial charge in [0, 0.05) is 37.0 Å². The molecule has 19 heavy (non-hydrogen) atoms. The summed E-state index contributed by atoms with van der Waals surface area (Å²) >= 11 is 0. The number of nitro benzene ring substituents is 1. The topological polar surface area (TPSA) is 115 Å². The van der Waals surface area contributed by atoms with Crippen molar-refractivity contribution < 1.29 is 9.72 Å². The lowest BCUT2D eigenvalue weighted by atomic mass is 10.0. The van der Waals surface area contributed by atoms with Crippen LogP contribution in [0.4, 0.5) is 11.4 Å². The van der Waals surface area contributed by atoms with E-state index < -0.39 is 4.92 Å². The number of piperidine rings is 1. The maximum absolute atomic E-state index is 12.3. The van der Waals surface area contributed by atoms with Gasteiger partial charge in [-0.3, -0.25) is 14.9 Å². The van der Waals surface area contributed by atoms with E-state index in [-0.39, 0.29) is 28.9 Å². The molecule has 1 amide bonds. The van der Waals surface area contributed by atoms with E-state index in [1.165, 1.54) is 18.2 Å². The van der Waals surface area contributed by atoms with Crippen molar-refractivity contribution in [3.8, 4) is 0 Å². The standard InChI is InChI=1S/C12H16N4O3/c13-8-3-5-15(6-4-8)12(17)10-7-9(16(18)19)1-2-11(10)14/h1-2,7-8H,3-6,13-14H2. The average Bonchev–Trinajstić information content (AvgIpc) is 2.39. The minimum atomic E-state index is -0.539. The van der Waals surface area contributed by atoms with Crippen LogP contribution in [0.25, 0.3) is 0 Å². The SMILES string of the molecule is Nc1ccc([N+](=O)[O-])cc1C(=O)N1CCC(N)CC1. The van der Waals surface area contributed by atoms with Crippen LogP contribution in [0.1, 0.15) is 23.2 Å². The largest absolute Gasteiger partial charge is 0.398 e. The molecule has 2 rings (SSSR count). The molecule has 0 unspecified atom stereocenters. The van der Waals surface area contributed by atoms with Gasteiger partial charge in [-0.25, -0.2) is 0 Å². The number of amides is 1. The van der Waals surface area contributed by atoms with Crippen molar-refractivity contribution >= 4 is 17.3 Å². The molecule has 0 atom stereocenters. The third-order valence-electron chi connectivity index (χ3n) is 3.30. The lowest BCUT2D eigenvalue weighted by Gasteiger charge is -2.30. The minimum Gasteiger partial charge on any atom is -0.398 e. The van der Waals surface area contributed by atoms with Crippen molar-refractivity contribution in [1.82, 2.24) is 4.90 Å². The average molecular weight is 264 g/mol. The fourth-order valence-corrected chi connectivity index (χ4v) is 2.12. The zero-order valence-corrected chi connectivity index (χ0v) is 10.4. The molecule has 1 heterocycles. The lowest BCUT2D eigenvalue weighted by molar-refractivity contribution is -0.384. The highest BCUT2D eigenvalue weighted by Gasteiger charge is 2.24. The minimum absolute atomic E-state index is 0.117. The molecular weight excluding hydrogens is 248 g/mol. The van der Waals surface area contributed by atoms with Crippen molar-refractivity contribution in [3.05, 3.63) is 33.9 Å². The van der Waals surface area contributed by atoms with E-state index in [0.29, 0.717) is 13.1 Å². The number of carbonyl (C=O) groups is 1. The number of nitro groups is 1. The molecule has 102 valence electrons. The highest BCUT2D eigenvalue weighted by atomic mass is 16.6. The molecule has 0 aliphatic carbocycles. The number of non-ortho nitro benzene ring substituents is 1. The van der Waals surface area contributed by atoms with Crippen molar-refractivity contribution in [1.29, 1.82) is 0 Å². The summed E-state index contributed by atoms with van der Waals surface area (Å²) in [6, 6.07) is 4.03. The fraction of sp³-hybridized carbons (Fsp3) is 0.417. The van der Waals surface area contributed by atoms with Gasteiger partial charge in [-0.2, -0.15) is 0 Å². The maximum Gasteiger partial charge on any atom is 0.270 e. The van der Waals surface area contributed by atoms with Gasteiger partial charge in [0.2, 0.25) is 0 Å². The molecule has 1 aliphatic rings. The van der Waals surface area contributed by atoms with Crippen LogP contribution in [-0.4, -0.2) is 34.9 Å². The van der Waals surface area contributed by atoms with Crippen molar-refractivity contribution in [2.75, 3.05) is 18.8 Å². The van der Waals surface area contributed by atoms with E-state index in [4.69, 9.17) is 11.5 Å². The molecule has 1 aromatic carbocycles. The van der Waals surface area contributed by atoms with Crippen molar-refractivity contribution in [2.24, 2.45) is 5.73 Å². The van der Waals surface area contributed by atoms with E-state index in [2.05, 4.69) is 0 Å². The Morgan fingerprint density at radius 3 is 2.58 bits per heavy atom. The van der Waals surface area contributed by atoms with Gasteiger partial charge in [0.25, 0.3) is 11.6 Å². The summed E-state index contributed by atoms with van der Waals surface area (Å²) in [6.07, 6.45) is 1.47. The molecule has 0 saturated carbocycles. The number of rotatable bonds is 2. The first-order valence-corrected chi connectivity index (χ1v) is 6.08. The van der Waals surface area contributed by atoms with Crippen LogP contribution >= 0.6 is 0 Å². The van der Waals surface area contributed by atoms with E-state index >= 15 is 0 Å². The van der Waals surface area contributed by atoms with Gasteiger partial charge in [-0.05, 0) is 18.9 Å². The maximum atomic E-state index is 12.3. The number of hydrogen-bond donors (Lipinski definition) is 2. The van der Waals surface area contributed by atoms with Gasteiger partial charge in [0.1, 0.15) is 0 Å². The molecule has 0 radical (unpaired) electrons. The van der Waals surface area contributed by atoms with Gasteiger partial charge in [0.05, 0.1) is 10.5 Å². The predicted octanol–water partition coefficient (Wildman–Crippen LogP) is 0.740. The summed E-state index contributed by atoms with van der Waals surface area (Å²) in [4.78, 5) is 24.1. The summed E-state index contributed by atoms with van der Waals surface area (Å²) in [5, 5.41) is 10.7. The molecule has 1 aliphatic heterocycles. The molecule has 0 aromatic heterocycles. The van der Waals surface area contributed by atoms with Crippen LogP contribution in [0.3, 0.4) is 0 Å². The second kappa shape index (κ2) is 5.23. The summed E-state index contributed by atoms with van der Waals surface area (Å²) in [7, 11) is 0. The van der Waals surface area contributed by atoms with Crippen LogP contribution in [0.2, 0.25) is 0 Å². The van der Waals surface area contributed by atoms with E-state index in [1.54, 1.807) is 4.90 Å². The Kier molecular flexibility index (Phi) is 3.66. The molecule has 0 bridgehead atoms. The zero-order valence-electron chi connectivity index (χ0n) is 10.4. The third kappa shape index (κ3) is 2.82. The van der Waals surface area contributed by atoms with Gasteiger partial charge in [-0.1, -0.05) is 0 Å². The monoisotopic (exact) mass is 264 g/mol. The number of hydrogen-bond acceptors (Lipinski definition) is 5. The molecule has 1 aromatic rings. The highest BCUT2D eigenvalue weighted by Crippen LogP contribution is 2.22. The molecule has 0 spiro atoms. The Labute approximate surface area is 110 Å². The molecule has 4 N–H and O–H groups in total. The smallest absolute Gasteiger partial charge is 0.270 e. The summed E-state index contributed by atoms with van der Waals surface area (Å²) in [6.45, 7) is 1.12. The van der Waals surface area contributed by atoms with Crippen LogP contribution in [0.15, 0.2) is 18.2 Å². The van der Waals surface area contributed by atoms with Crippen LogP contribution < -0.4 is 11.5 Å². The van der Waals surface area contributed by atoms with Crippen LogP contribution in [0, 0.1) is 10.1 Å². The van der Waals surface area contributed by atoms with E-state index in [9.17, 15) is 14.9 Å². The first-order chi connectivity index (χ1) is 8.99. The predicted molar refractivity (Wildman–Crippen MR) is 70.6 cm³/mol. The van der Waals surface area contributed by atoms with E-state index in [0.717, 1.165) is 12.8 Å². The van der Waals surface area contributed by atoms with Gasteiger partial charge < -0.3 is 16.4 Å². The molecule has 7 nitrogen and oxygen atoms in total. The van der Waals surface area contributed by atoms with Gasteiger partial charge in [-0.15, -0.1) is 0 Å². The van der Waals surface area contributed by atoms with Crippen LogP contribution in [0.5, 0.6) is 0 Å². The van der Waals surface area contributed by atoms with E-state index in [1.807, 2.05) is 0 Å². The number of nitrogens with zero attached hydrogens (tertiary/aromatic N) is 2. The number of carbonyl (C=O) groups excluding carboxylic acids is 1. The number of nitrogen functional groups attached to an aromatic ring is 1. The lowest BCUT2D eigenvalue weighted by Crippen LogP contribution is -2.43. The van der Waals surface area contributed by atoms with Crippen LogP contribution in [-0.2, 0) is 0 Å². The first kappa shape index (κ1) is 13.3. The number of likely N-dealkylation sites (tertiary alicyclic amines) is 1. The normalized spacial score (nSPS) is 16.4. The second-order valence-corrected chi connectivity index (χ2v) is 4.66. The Balaban J connectivity index is 2.23. The van der Waals surface area contributed by atoms with Gasteiger partial charge in [0.15, 0.2) is 0 Å². The Morgan fingerprint density at radius 2 is 2.00 bits per heavy atom. The molecule has 1 saturated heterocycles. The van der Waals surface area contributed by atoms with Crippen molar-refractivity contribution in [2.45, 2.75) is 18.9 Å². The zero-order chi connectivity index (χ0) is 14.0. The second-order valence-electron chi connectivity index (χ2n) is 4.66. The first-order valence-electron chi connectivity index (χ1n) is 6.08. The summed E-state index contributed by atoms with van der Waals surface area (Å²) < 4.78 is 0. The number of nitrogens with two attached hydrogens (primary N) is 2. The third-order valence-corrected chi connectivity index (χ3v) is 3.30. The quantitative estimate of drug-likeness (QED) is 0.464. The molecule has 7 heteroatoms.